The van der Waals surface area contributed by atoms with Gasteiger partial charge in [-0.2, -0.15) is 0 Å². The second-order valence-corrected chi connectivity index (χ2v) is 10.4. The molecule has 208 valence electrons. The fourth-order valence-electron chi connectivity index (χ4n) is 5.19. The second kappa shape index (κ2) is 12.7. The molecule has 5 rings (SSSR count). The first-order valence-corrected chi connectivity index (χ1v) is 14.1. The van der Waals surface area contributed by atoms with Crippen LogP contribution in [0.1, 0.15) is 60.4 Å². The second-order valence-electron chi connectivity index (χ2n) is 10.1. The van der Waals surface area contributed by atoms with E-state index in [1.54, 1.807) is 18.5 Å². The monoisotopic (exact) mass is 563 g/mol. The molecule has 5 nitrogen and oxygen atoms in total. The first-order valence-electron chi connectivity index (χ1n) is 13.5. The number of aromatic amines is 2. The van der Waals surface area contributed by atoms with Gasteiger partial charge in [0.05, 0.1) is 12.2 Å². The van der Waals surface area contributed by atoms with Gasteiger partial charge in [0.2, 0.25) is 0 Å². The van der Waals surface area contributed by atoms with Gasteiger partial charge in [0.15, 0.2) is 11.6 Å². The zero-order chi connectivity index (χ0) is 28.1. The smallest absolute Gasteiger partial charge is 0.169 e. The Morgan fingerprint density at radius 3 is 2.65 bits per heavy atom. The number of aryl methyl sites for hydroxylation is 1. The lowest BCUT2D eigenvalue weighted by Gasteiger charge is -2.17. The number of halogens is 3. The van der Waals surface area contributed by atoms with Crippen LogP contribution in [-0.4, -0.2) is 25.9 Å². The van der Waals surface area contributed by atoms with Crippen molar-refractivity contribution in [2.45, 2.75) is 51.6 Å². The SMILES string of the molecule is Cc1cccc(C(CCCCCCCl)c2cnc(-c3cc(Oc4c(F)cc5[nH]ccc5c4CO)ccc3F)[nH]2)c1. The van der Waals surface area contributed by atoms with Crippen LogP contribution in [0, 0.1) is 18.6 Å². The molecule has 0 aliphatic carbocycles. The number of aromatic nitrogens is 3. The highest BCUT2D eigenvalue weighted by Crippen LogP contribution is 2.37. The summed E-state index contributed by atoms with van der Waals surface area (Å²) in [4.78, 5) is 10.8. The van der Waals surface area contributed by atoms with E-state index in [0.717, 1.165) is 37.8 Å². The number of hydrogen-bond acceptors (Lipinski definition) is 3. The topological polar surface area (TPSA) is 73.9 Å². The summed E-state index contributed by atoms with van der Waals surface area (Å²) >= 11 is 5.84. The van der Waals surface area contributed by atoms with Crippen LogP contribution in [-0.2, 0) is 6.61 Å². The minimum atomic E-state index is -0.628. The van der Waals surface area contributed by atoms with E-state index in [1.165, 1.54) is 35.4 Å². The van der Waals surface area contributed by atoms with Crippen molar-refractivity contribution in [2.75, 3.05) is 5.88 Å². The third-order valence-corrected chi connectivity index (χ3v) is 7.50. The van der Waals surface area contributed by atoms with E-state index in [0.29, 0.717) is 28.2 Å². The van der Waals surface area contributed by atoms with E-state index in [4.69, 9.17) is 16.3 Å². The minimum Gasteiger partial charge on any atom is -0.454 e. The number of imidazole rings is 1. The zero-order valence-electron chi connectivity index (χ0n) is 22.3. The van der Waals surface area contributed by atoms with Crippen LogP contribution in [0.5, 0.6) is 11.5 Å². The molecular formula is C32H32ClF2N3O2. The normalized spacial score (nSPS) is 12.2. The molecule has 0 aliphatic rings. The van der Waals surface area contributed by atoms with Gasteiger partial charge in [0, 0.05) is 52.4 Å². The number of aliphatic hydroxyl groups is 1. The quantitative estimate of drug-likeness (QED) is 0.105. The van der Waals surface area contributed by atoms with Gasteiger partial charge in [-0.15, -0.1) is 11.6 Å². The average Bonchev–Trinajstić information content (AvgIpc) is 3.62. The molecule has 3 N–H and O–H groups in total. The molecule has 1 atom stereocenters. The third kappa shape index (κ3) is 6.06. The Bertz CT molecular complexity index is 1600. The number of nitrogens with zero attached hydrogens (tertiary/aromatic N) is 1. The molecule has 3 aromatic carbocycles. The molecule has 5 aromatic rings. The summed E-state index contributed by atoms with van der Waals surface area (Å²) in [7, 11) is 0. The van der Waals surface area contributed by atoms with Crippen LogP contribution < -0.4 is 4.74 Å². The van der Waals surface area contributed by atoms with Crippen LogP contribution >= 0.6 is 11.6 Å². The molecule has 2 heterocycles. The lowest BCUT2D eigenvalue weighted by Crippen LogP contribution is -2.03. The van der Waals surface area contributed by atoms with Gasteiger partial charge in [-0.05, 0) is 49.6 Å². The molecule has 0 spiro atoms. The van der Waals surface area contributed by atoms with Gasteiger partial charge in [-0.25, -0.2) is 13.8 Å². The van der Waals surface area contributed by atoms with Crippen LogP contribution in [0.4, 0.5) is 8.78 Å². The summed E-state index contributed by atoms with van der Waals surface area (Å²) in [6, 6.07) is 15.7. The summed E-state index contributed by atoms with van der Waals surface area (Å²) < 4.78 is 35.9. The number of H-pyrrole nitrogens is 2. The van der Waals surface area contributed by atoms with E-state index in [9.17, 15) is 9.50 Å². The maximum Gasteiger partial charge on any atom is 0.169 e. The Balaban J connectivity index is 1.43. The van der Waals surface area contributed by atoms with Gasteiger partial charge in [0.25, 0.3) is 0 Å². The molecule has 40 heavy (non-hydrogen) atoms. The van der Waals surface area contributed by atoms with Crippen molar-refractivity contribution in [1.82, 2.24) is 15.0 Å². The van der Waals surface area contributed by atoms with E-state index >= 15 is 4.39 Å². The molecule has 0 amide bonds. The molecule has 0 saturated carbocycles. The first kappa shape index (κ1) is 27.9. The Labute approximate surface area is 237 Å². The fraction of sp³-hybridized carbons (Fsp3) is 0.281. The highest BCUT2D eigenvalue weighted by Gasteiger charge is 2.20. The molecular weight excluding hydrogens is 532 g/mol. The van der Waals surface area contributed by atoms with Crippen molar-refractivity contribution in [2.24, 2.45) is 0 Å². The number of unbranched alkanes of at least 4 members (excludes halogenated alkanes) is 3. The maximum atomic E-state index is 15.0. The number of benzene rings is 3. The molecule has 0 saturated heterocycles. The van der Waals surface area contributed by atoms with E-state index in [2.05, 4.69) is 40.1 Å². The summed E-state index contributed by atoms with van der Waals surface area (Å²) in [5.74, 6) is 0.139. The largest absolute Gasteiger partial charge is 0.454 e. The van der Waals surface area contributed by atoms with Crippen molar-refractivity contribution in [3.8, 4) is 22.9 Å². The number of ether oxygens (including phenoxy) is 1. The lowest BCUT2D eigenvalue weighted by atomic mass is 9.89. The van der Waals surface area contributed by atoms with Crippen LogP contribution in [0.3, 0.4) is 0 Å². The Hall–Kier alpha value is -3.68. The minimum absolute atomic E-state index is 0.0777. The van der Waals surface area contributed by atoms with Gasteiger partial charge in [-0.3, -0.25) is 0 Å². The number of rotatable bonds is 12. The van der Waals surface area contributed by atoms with Crippen molar-refractivity contribution in [3.05, 3.63) is 101 Å². The fourth-order valence-corrected chi connectivity index (χ4v) is 5.38. The predicted octanol–water partition coefficient (Wildman–Crippen LogP) is 8.75. The highest BCUT2D eigenvalue weighted by molar-refractivity contribution is 6.17. The van der Waals surface area contributed by atoms with Crippen LogP contribution in [0.2, 0.25) is 0 Å². The Morgan fingerprint density at radius 1 is 1.00 bits per heavy atom. The summed E-state index contributed by atoms with van der Waals surface area (Å²) in [5, 5.41) is 10.6. The van der Waals surface area contributed by atoms with Crippen molar-refractivity contribution < 1.29 is 18.6 Å². The molecule has 8 heteroatoms. The number of nitrogens with one attached hydrogen (secondary N) is 2. The van der Waals surface area contributed by atoms with Gasteiger partial charge >= 0.3 is 0 Å². The molecule has 1 unspecified atom stereocenters. The van der Waals surface area contributed by atoms with Gasteiger partial charge < -0.3 is 19.8 Å². The Morgan fingerprint density at radius 2 is 1.85 bits per heavy atom. The number of aliphatic hydroxyl groups excluding tert-OH is 1. The average molecular weight is 564 g/mol. The maximum absolute atomic E-state index is 15.0. The number of alkyl halides is 1. The zero-order valence-corrected chi connectivity index (χ0v) is 23.1. The van der Waals surface area contributed by atoms with Crippen LogP contribution in [0.15, 0.2) is 67.0 Å². The number of fused-ring (bicyclic) bond motifs is 1. The van der Waals surface area contributed by atoms with E-state index in [-0.39, 0.29) is 23.0 Å². The van der Waals surface area contributed by atoms with Crippen molar-refractivity contribution in [3.63, 3.8) is 0 Å². The van der Waals surface area contributed by atoms with Gasteiger partial charge in [0.1, 0.15) is 17.4 Å². The van der Waals surface area contributed by atoms with Crippen LogP contribution in [0.25, 0.3) is 22.3 Å². The lowest BCUT2D eigenvalue weighted by molar-refractivity contribution is 0.276. The molecule has 2 aromatic heterocycles. The Kier molecular flexibility index (Phi) is 8.82. The first-order chi connectivity index (χ1) is 19.5. The van der Waals surface area contributed by atoms with E-state index in [1.807, 2.05) is 6.07 Å². The summed E-state index contributed by atoms with van der Waals surface area (Å²) in [6.07, 6.45) is 8.57. The van der Waals surface area contributed by atoms with E-state index < -0.39 is 18.2 Å². The standard InChI is InChI=1S/C32H32ClF2N3O2/c1-20-7-6-8-21(15-20)23(9-4-2-3-5-13-33)30-18-37-32(38-30)25-16-22(10-11-27(25)34)40-31-26(19-39)24-12-14-36-29(24)17-28(31)35/h6-8,10-12,14-18,23,36,39H,2-5,9,13,19H2,1H3,(H,37,38). The number of hydrogen-bond donors (Lipinski definition) is 3. The molecule has 0 fully saturated rings. The predicted molar refractivity (Wildman–Crippen MR) is 155 cm³/mol. The van der Waals surface area contributed by atoms with Crippen molar-refractivity contribution in [1.29, 1.82) is 0 Å². The summed E-state index contributed by atoms with van der Waals surface area (Å²) in [6.45, 7) is 1.66. The van der Waals surface area contributed by atoms with Crippen molar-refractivity contribution >= 4 is 22.5 Å². The third-order valence-electron chi connectivity index (χ3n) is 7.23. The molecule has 0 bridgehead atoms. The van der Waals surface area contributed by atoms with Gasteiger partial charge in [-0.1, -0.05) is 49.1 Å². The highest BCUT2D eigenvalue weighted by atomic mass is 35.5. The molecule has 0 radical (unpaired) electrons. The molecule has 0 aliphatic heterocycles. The summed E-state index contributed by atoms with van der Waals surface area (Å²) in [5.41, 5.74) is 4.33.